The minimum absolute atomic E-state index is 0.110. The third-order valence-corrected chi connectivity index (χ3v) is 10.3. The summed E-state index contributed by atoms with van der Waals surface area (Å²) in [5.41, 5.74) is 1.10. The normalized spacial score (nSPS) is 22.9. The van der Waals surface area contributed by atoms with Gasteiger partial charge in [0.25, 0.3) is 0 Å². The SMILES string of the molecule is CN[SH]1(=O)C[C@@](C)(c2cc(Nc3ncnc4cc(Br)cnc34)ccc2F)NC(=N)C1(C)C. The molecule has 0 aliphatic carbocycles. The molecule has 1 aliphatic rings. The second kappa shape index (κ2) is 7.82. The van der Waals surface area contributed by atoms with Crippen LogP contribution in [0.1, 0.15) is 26.3 Å². The van der Waals surface area contributed by atoms with Crippen molar-refractivity contribution in [1.82, 2.24) is 25.0 Å². The Morgan fingerprint density at radius 3 is 2.69 bits per heavy atom. The largest absolute Gasteiger partial charge is 0.363 e. The summed E-state index contributed by atoms with van der Waals surface area (Å²) in [5.74, 6) is 0.295. The predicted octanol–water partition coefficient (Wildman–Crippen LogP) is 3.40. The molecule has 0 spiro atoms. The van der Waals surface area contributed by atoms with Crippen molar-refractivity contribution in [2.75, 3.05) is 18.1 Å². The van der Waals surface area contributed by atoms with E-state index in [0.717, 1.165) is 4.47 Å². The van der Waals surface area contributed by atoms with Gasteiger partial charge >= 0.3 is 0 Å². The fourth-order valence-corrected chi connectivity index (χ4v) is 6.97. The number of hydrogen-bond acceptors (Lipinski definition) is 6. The van der Waals surface area contributed by atoms with Crippen LogP contribution in [0.2, 0.25) is 0 Å². The third kappa shape index (κ3) is 3.67. The summed E-state index contributed by atoms with van der Waals surface area (Å²) in [6, 6.07) is 6.44. The summed E-state index contributed by atoms with van der Waals surface area (Å²) in [5, 5.41) is 14.8. The number of aromatic nitrogens is 3. The number of nitrogens with zero attached hydrogens (tertiary/aromatic N) is 3. The number of halogens is 2. The molecule has 0 radical (unpaired) electrons. The summed E-state index contributed by atoms with van der Waals surface area (Å²) in [4.78, 5) is 12.9. The zero-order chi connectivity index (χ0) is 23.3. The molecular formula is C21H25BrFN7OS. The van der Waals surface area contributed by atoms with Crippen molar-refractivity contribution < 1.29 is 8.60 Å². The van der Waals surface area contributed by atoms with E-state index in [4.69, 9.17) is 5.41 Å². The summed E-state index contributed by atoms with van der Waals surface area (Å²) in [7, 11) is -1.41. The molecule has 11 heteroatoms. The highest BCUT2D eigenvalue weighted by Gasteiger charge is 2.50. The van der Waals surface area contributed by atoms with Crippen molar-refractivity contribution in [2.45, 2.75) is 31.1 Å². The van der Waals surface area contributed by atoms with Gasteiger partial charge in [-0.2, -0.15) is 0 Å². The van der Waals surface area contributed by atoms with Crippen molar-refractivity contribution in [3.8, 4) is 0 Å². The molecule has 0 amide bonds. The van der Waals surface area contributed by atoms with Gasteiger partial charge in [0.2, 0.25) is 0 Å². The Hall–Kier alpha value is -2.50. The molecule has 170 valence electrons. The van der Waals surface area contributed by atoms with Crippen LogP contribution in [0.3, 0.4) is 0 Å². The smallest absolute Gasteiger partial charge is 0.160 e. The van der Waals surface area contributed by atoms with Crippen molar-refractivity contribution in [2.24, 2.45) is 0 Å². The minimum Gasteiger partial charge on any atom is -0.363 e. The topological polar surface area (TPSA) is 116 Å². The molecule has 0 bridgehead atoms. The average molecular weight is 522 g/mol. The zero-order valence-electron chi connectivity index (χ0n) is 18.1. The van der Waals surface area contributed by atoms with E-state index in [9.17, 15) is 4.21 Å². The van der Waals surface area contributed by atoms with E-state index < -0.39 is 26.2 Å². The van der Waals surface area contributed by atoms with Crippen LogP contribution in [0.5, 0.6) is 0 Å². The van der Waals surface area contributed by atoms with Gasteiger partial charge in [0.05, 0.1) is 15.8 Å². The molecule has 1 aromatic carbocycles. The molecule has 0 unspecified atom stereocenters. The number of pyridine rings is 1. The Morgan fingerprint density at radius 2 is 1.97 bits per heavy atom. The fourth-order valence-electron chi connectivity index (χ4n) is 3.98. The third-order valence-electron chi connectivity index (χ3n) is 6.08. The molecule has 3 heterocycles. The van der Waals surface area contributed by atoms with Gasteiger partial charge in [0, 0.05) is 27.7 Å². The number of thiol groups is 1. The van der Waals surface area contributed by atoms with E-state index in [0.29, 0.717) is 28.1 Å². The first kappa shape index (κ1) is 22.7. The van der Waals surface area contributed by atoms with E-state index in [2.05, 4.69) is 46.2 Å². The lowest BCUT2D eigenvalue weighted by molar-refractivity contribution is 0.430. The second-order valence-corrected chi connectivity index (χ2v) is 12.9. The molecule has 8 nitrogen and oxygen atoms in total. The van der Waals surface area contributed by atoms with Crippen LogP contribution >= 0.6 is 15.9 Å². The maximum absolute atomic E-state index is 15.0. The van der Waals surface area contributed by atoms with Crippen LogP contribution in [0.4, 0.5) is 15.9 Å². The van der Waals surface area contributed by atoms with Crippen molar-refractivity contribution in [1.29, 1.82) is 5.41 Å². The van der Waals surface area contributed by atoms with Gasteiger partial charge in [-0.1, -0.05) is 0 Å². The van der Waals surface area contributed by atoms with E-state index in [1.54, 1.807) is 46.1 Å². The predicted molar refractivity (Wildman–Crippen MR) is 130 cm³/mol. The van der Waals surface area contributed by atoms with Crippen molar-refractivity contribution >= 4 is 54.4 Å². The highest BCUT2D eigenvalue weighted by atomic mass is 79.9. The molecule has 1 fully saturated rings. The number of amidine groups is 1. The van der Waals surface area contributed by atoms with Crippen LogP contribution in [-0.2, 0) is 15.7 Å². The fraction of sp³-hybridized carbons (Fsp3) is 0.333. The lowest BCUT2D eigenvalue weighted by Crippen LogP contribution is -2.69. The van der Waals surface area contributed by atoms with Gasteiger partial charge < -0.3 is 10.6 Å². The number of fused-ring (bicyclic) bond motifs is 1. The quantitative estimate of drug-likeness (QED) is 0.336. The van der Waals surface area contributed by atoms with E-state index in [1.807, 2.05) is 6.07 Å². The number of rotatable bonds is 4. The second-order valence-electron chi connectivity index (χ2n) is 8.58. The molecule has 1 saturated heterocycles. The molecule has 1 atom stereocenters. The maximum atomic E-state index is 15.0. The van der Waals surface area contributed by atoms with Crippen molar-refractivity contribution in [3.63, 3.8) is 0 Å². The standard InChI is InChI=1S/C21H25BrFN7OS/c1-20(2)19(24)30-21(3,10-32(20,31)25-4)14-8-13(5-6-15(14)23)29-18-17-16(27-11-28-18)7-12(22)9-26-17/h5-9,11,32H,10H2,1-4H3,(H2,24,30)(H,25,31)(H,27,28,29)/t21-/m0/s1. The highest BCUT2D eigenvalue weighted by molar-refractivity contribution is 9.10. The van der Waals surface area contributed by atoms with Gasteiger partial charge in [0.1, 0.15) is 23.5 Å². The van der Waals surface area contributed by atoms with Crippen molar-refractivity contribution in [3.05, 3.63) is 52.6 Å². The first-order valence-corrected chi connectivity index (χ1v) is 12.7. The molecular weight excluding hydrogens is 497 g/mol. The number of anilines is 2. The minimum atomic E-state index is -3.04. The summed E-state index contributed by atoms with van der Waals surface area (Å²) in [6.07, 6.45) is 3.09. The summed E-state index contributed by atoms with van der Waals surface area (Å²) in [6.45, 7) is 5.29. The van der Waals surface area contributed by atoms with Gasteiger partial charge in [0.15, 0.2) is 5.82 Å². The Morgan fingerprint density at radius 1 is 1.22 bits per heavy atom. The van der Waals surface area contributed by atoms with Crippen LogP contribution in [0.25, 0.3) is 11.0 Å². The first-order valence-electron chi connectivity index (χ1n) is 9.98. The van der Waals surface area contributed by atoms with Crippen LogP contribution in [0, 0.1) is 11.2 Å². The van der Waals surface area contributed by atoms with Crippen LogP contribution < -0.4 is 15.4 Å². The van der Waals surface area contributed by atoms with E-state index in [-0.39, 0.29) is 11.6 Å². The Bertz CT molecular complexity index is 1280. The maximum Gasteiger partial charge on any atom is 0.160 e. The summed E-state index contributed by atoms with van der Waals surface area (Å²) < 4.78 is 31.5. The van der Waals surface area contributed by atoms with Crippen LogP contribution in [-0.4, -0.2) is 42.5 Å². The summed E-state index contributed by atoms with van der Waals surface area (Å²) >= 11 is 3.38. The lowest BCUT2D eigenvalue weighted by Gasteiger charge is -2.51. The van der Waals surface area contributed by atoms with Gasteiger partial charge in [-0.15, -0.1) is 0 Å². The van der Waals surface area contributed by atoms with Gasteiger partial charge in [-0.25, -0.2) is 19.3 Å². The molecule has 4 N–H and O–H groups in total. The van der Waals surface area contributed by atoms with E-state index in [1.165, 1.54) is 12.4 Å². The Balaban J connectivity index is 1.74. The number of benzene rings is 1. The van der Waals surface area contributed by atoms with Gasteiger partial charge in [-0.05, 0) is 78.1 Å². The monoisotopic (exact) mass is 521 g/mol. The molecule has 32 heavy (non-hydrogen) atoms. The number of nitrogens with one attached hydrogen (secondary N) is 4. The molecule has 3 aromatic rings. The number of hydrogen-bond donors (Lipinski definition) is 5. The Kier molecular flexibility index (Phi) is 5.54. The zero-order valence-corrected chi connectivity index (χ0v) is 20.6. The lowest BCUT2D eigenvalue weighted by atomic mass is 9.91. The van der Waals surface area contributed by atoms with Crippen LogP contribution in [0.15, 0.2) is 41.3 Å². The highest BCUT2D eigenvalue weighted by Crippen LogP contribution is 2.38. The molecule has 0 saturated carbocycles. The average Bonchev–Trinajstić information content (AvgIpc) is 2.73. The molecule has 4 rings (SSSR count). The molecule has 2 aromatic heterocycles. The van der Waals surface area contributed by atoms with Gasteiger partial charge in [-0.3, -0.25) is 14.3 Å². The molecule has 1 aliphatic heterocycles. The first-order chi connectivity index (χ1) is 15.0. The van der Waals surface area contributed by atoms with E-state index >= 15 is 4.39 Å². The Labute approximate surface area is 195 Å².